The van der Waals surface area contributed by atoms with Gasteiger partial charge in [0.1, 0.15) is 12.7 Å². The molecule has 0 radical (unpaired) electrons. The Labute approximate surface area is 179 Å². The van der Waals surface area contributed by atoms with Crippen LogP contribution in [0.25, 0.3) is 0 Å². The van der Waals surface area contributed by atoms with Crippen molar-refractivity contribution < 1.29 is 27.7 Å². The highest BCUT2D eigenvalue weighted by Crippen LogP contribution is 2.40. The van der Waals surface area contributed by atoms with Crippen molar-refractivity contribution in [3.05, 3.63) is 30.1 Å². The summed E-state index contributed by atoms with van der Waals surface area (Å²) in [5.74, 6) is 0.967. The molecule has 0 aliphatic carbocycles. The van der Waals surface area contributed by atoms with Crippen LogP contribution in [0.5, 0.6) is 17.5 Å². The van der Waals surface area contributed by atoms with Gasteiger partial charge in [0.05, 0.1) is 49.6 Å². The van der Waals surface area contributed by atoms with Crippen LogP contribution >= 0.6 is 0 Å². The Balaban J connectivity index is 1.54. The molecule has 0 aromatic carbocycles. The van der Waals surface area contributed by atoms with Crippen molar-refractivity contribution in [1.29, 1.82) is 0 Å². The van der Waals surface area contributed by atoms with Crippen LogP contribution in [-0.4, -0.2) is 74.6 Å². The van der Waals surface area contributed by atoms with Gasteiger partial charge in [-0.1, -0.05) is 0 Å². The Bertz CT molecular complexity index is 902. The number of anilines is 2. The first-order valence-corrected chi connectivity index (χ1v) is 10.2. The molecule has 2 aliphatic heterocycles. The summed E-state index contributed by atoms with van der Waals surface area (Å²) in [6.07, 6.45) is 1.38. The zero-order valence-electron chi connectivity index (χ0n) is 17.6. The maximum Gasteiger partial charge on any atom is 0.269 e. The van der Waals surface area contributed by atoms with Crippen molar-refractivity contribution in [2.45, 2.75) is 19.0 Å². The van der Waals surface area contributed by atoms with E-state index in [4.69, 9.17) is 18.9 Å². The fourth-order valence-electron chi connectivity index (χ4n) is 3.86. The lowest BCUT2D eigenvalue weighted by molar-refractivity contribution is 0.146. The van der Waals surface area contributed by atoms with Crippen molar-refractivity contribution in [3.8, 4) is 17.5 Å². The number of rotatable bonds is 8. The minimum Gasteiger partial charge on any atom is -0.488 e. The first kappa shape index (κ1) is 21.5. The summed E-state index contributed by atoms with van der Waals surface area (Å²) in [7, 11) is 3.02. The van der Waals surface area contributed by atoms with Gasteiger partial charge in [-0.25, -0.2) is 18.7 Å². The molecule has 0 spiro atoms. The fraction of sp³-hybridized carbons (Fsp3) is 0.524. The largest absolute Gasteiger partial charge is 0.488 e. The zero-order valence-corrected chi connectivity index (χ0v) is 17.6. The number of aromatic nitrogens is 2. The third kappa shape index (κ3) is 4.80. The minimum atomic E-state index is -2.69. The van der Waals surface area contributed by atoms with Crippen molar-refractivity contribution >= 4 is 11.4 Å². The standard InChI is InChI=1S/C21H26F2N4O4/c1-28-7-5-26-4-3-15(13-26)31-19-10-17-18(12-24-19)30-8-6-27(17)14-9-16(20(22)23)21(29-2)25-11-14/h9-12,15,20H,3-8,13H2,1-2H3. The van der Waals surface area contributed by atoms with Crippen LogP contribution in [0.3, 0.4) is 0 Å². The molecule has 0 saturated carbocycles. The predicted octanol–water partition coefficient (Wildman–Crippen LogP) is 3.05. The first-order valence-electron chi connectivity index (χ1n) is 10.2. The molecule has 2 aromatic rings. The van der Waals surface area contributed by atoms with E-state index in [9.17, 15) is 8.78 Å². The molecule has 4 rings (SSSR count). The van der Waals surface area contributed by atoms with E-state index in [1.165, 1.54) is 19.4 Å². The molecular weight excluding hydrogens is 410 g/mol. The molecular formula is C21H26F2N4O4. The molecule has 2 aliphatic rings. The van der Waals surface area contributed by atoms with Gasteiger partial charge in [-0.2, -0.15) is 0 Å². The van der Waals surface area contributed by atoms with E-state index in [-0.39, 0.29) is 17.5 Å². The van der Waals surface area contributed by atoms with E-state index in [1.807, 2.05) is 4.90 Å². The molecule has 1 unspecified atom stereocenters. The molecule has 0 bridgehead atoms. The van der Waals surface area contributed by atoms with Gasteiger partial charge < -0.3 is 23.8 Å². The molecule has 8 nitrogen and oxygen atoms in total. The summed E-state index contributed by atoms with van der Waals surface area (Å²) in [6, 6.07) is 3.19. The molecule has 2 aromatic heterocycles. The molecule has 0 amide bonds. The van der Waals surface area contributed by atoms with E-state index in [1.54, 1.807) is 19.4 Å². The first-order chi connectivity index (χ1) is 15.1. The van der Waals surface area contributed by atoms with E-state index in [0.29, 0.717) is 42.8 Å². The molecule has 4 heterocycles. The van der Waals surface area contributed by atoms with Gasteiger partial charge in [0.25, 0.3) is 6.43 Å². The maximum absolute atomic E-state index is 13.5. The highest BCUT2D eigenvalue weighted by atomic mass is 19.3. The van der Waals surface area contributed by atoms with Crippen molar-refractivity contribution in [2.75, 3.05) is 58.5 Å². The molecule has 1 saturated heterocycles. The van der Waals surface area contributed by atoms with E-state index in [2.05, 4.69) is 14.9 Å². The number of alkyl halides is 2. The summed E-state index contributed by atoms with van der Waals surface area (Å²) in [5, 5.41) is 0. The molecule has 168 valence electrons. The van der Waals surface area contributed by atoms with Gasteiger partial charge in [-0.05, 0) is 12.5 Å². The predicted molar refractivity (Wildman–Crippen MR) is 110 cm³/mol. The number of pyridine rings is 2. The second kappa shape index (κ2) is 9.61. The lowest BCUT2D eigenvalue weighted by Crippen LogP contribution is -2.29. The summed E-state index contributed by atoms with van der Waals surface area (Å²) in [5.41, 5.74) is 0.989. The smallest absolute Gasteiger partial charge is 0.269 e. The molecule has 1 atom stereocenters. The lowest BCUT2D eigenvalue weighted by Gasteiger charge is -2.31. The number of methoxy groups -OCH3 is 2. The quantitative estimate of drug-likeness (QED) is 0.626. The SMILES string of the molecule is COCCN1CCC(Oc2cc3c(cn2)OCCN3c2cnc(OC)c(C(F)F)c2)C1. The monoisotopic (exact) mass is 436 g/mol. The van der Waals surface area contributed by atoms with Crippen LogP contribution < -0.4 is 19.1 Å². The van der Waals surface area contributed by atoms with E-state index < -0.39 is 6.43 Å². The average Bonchev–Trinajstić information content (AvgIpc) is 3.23. The van der Waals surface area contributed by atoms with Gasteiger partial charge in [-0.15, -0.1) is 0 Å². The van der Waals surface area contributed by atoms with Crippen LogP contribution in [0.15, 0.2) is 24.5 Å². The number of fused-ring (bicyclic) bond motifs is 1. The van der Waals surface area contributed by atoms with Gasteiger partial charge >= 0.3 is 0 Å². The van der Waals surface area contributed by atoms with Crippen LogP contribution in [0.2, 0.25) is 0 Å². The molecule has 1 fully saturated rings. The number of halogens is 2. The Kier molecular flexibility index (Phi) is 6.67. The van der Waals surface area contributed by atoms with Crippen LogP contribution in [0.4, 0.5) is 20.2 Å². The number of ether oxygens (including phenoxy) is 4. The lowest BCUT2D eigenvalue weighted by atomic mass is 10.2. The van der Waals surface area contributed by atoms with Crippen LogP contribution in [-0.2, 0) is 4.74 Å². The van der Waals surface area contributed by atoms with Gasteiger partial charge in [0, 0.05) is 32.8 Å². The molecule has 10 heteroatoms. The minimum absolute atomic E-state index is 0.0356. The van der Waals surface area contributed by atoms with Crippen molar-refractivity contribution in [1.82, 2.24) is 14.9 Å². The second-order valence-electron chi connectivity index (χ2n) is 7.41. The maximum atomic E-state index is 13.5. The zero-order chi connectivity index (χ0) is 21.8. The highest BCUT2D eigenvalue weighted by molar-refractivity contribution is 5.71. The van der Waals surface area contributed by atoms with Gasteiger partial charge in [-0.3, -0.25) is 4.90 Å². The Hall–Kier alpha value is -2.72. The number of likely N-dealkylation sites (tertiary alicyclic amines) is 1. The average molecular weight is 436 g/mol. The van der Waals surface area contributed by atoms with Crippen molar-refractivity contribution in [2.24, 2.45) is 0 Å². The highest BCUT2D eigenvalue weighted by Gasteiger charge is 2.27. The number of hydrogen-bond donors (Lipinski definition) is 0. The van der Waals surface area contributed by atoms with E-state index >= 15 is 0 Å². The molecule has 31 heavy (non-hydrogen) atoms. The van der Waals surface area contributed by atoms with Crippen LogP contribution in [0, 0.1) is 0 Å². The third-order valence-electron chi connectivity index (χ3n) is 5.42. The Morgan fingerprint density at radius 3 is 2.84 bits per heavy atom. The summed E-state index contributed by atoms with van der Waals surface area (Å²) in [6.45, 7) is 4.20. The third-order valence-corrected chi connectivity index (χ3v) is 5.42. The van der Waals surface area contributed by atoms with Crippen molar-refractivity contribution in [3.63, 3.8) is 0 Å². The summed E-state index contributed by atoms with van der Waals surface area (Å²) >= 11 is 0. The van der Waals surface area contributed by atoms with Gasteiger partial charge in [0.15, 0.2) is 5.75 Å². The fourth-order valence-corrected chi connectivity index (χ4v) is 3.86. The Morgan fingerprint density at radius 1 is 1.19 bits per heavy atom. The van der Waals surface area contributed by atoms with E-state index in [0.717, 1.165) is 26.1 Å². The molecule has 0 N–H and O–H groups in total. The summed E-state index contributed by atoms with van der Waals surface area (Å²) in [4.78, 5) is 12.6. The topological polar surface area (TPSA) is 69.2 Å². The summed E-state index contributed by atoms with van der Waals surface area (Å²) < 4.78 is 48.8. The number of nitrogens with zero attached hydrogens (tertiary/aromatic N) is 4. The van der Waals surface area contributed by atoms with Gasteiger partial charge in [0.2, 0.25) is 11.8 Å². The number of hydrogen-bond acceptors (Lipinski definition) is 8. The second-order valence-corrected chi connectivity index (χ2v) is 7.41. The normalized spacial score (nSPS) is 18.7. The Morgan fingerprint density at radius 2 is 2.06 bits per heavy atom. The van der Waals surface area contributed by atoms with Crippen LogP contribution in [0.1, 0.15) is 18.4 Å².